The zero-order valence-corrected chi connectivity index (χ0v) is 29.2. The number of hydrogen-bond donors (Lipinski definition) is 3. The fraction of sp³-hybridized carbons (Fsp3) is 0.317. The maximum Gasteiger partial charge on any atom is 0.219 e. The first-order valence-electron chi connectivity index (χ1n) is 17.2. The summed E-state index contributed by atoms with van der Waals surface area (Å²) in [5.74, 6) is 6.64. The lowest BCUT2D eigenvalue weighted by Crippen LogP contribution is -2.26. The van der Waals surface area contributed by atoms with Gasteiger partial charge in [-0.2, -0.15) is 0 Å². The van der Waals surface area contributed by atoms with E-state index in [9.17, 15) is 9.59 Å². The Bertz CT molecular complexity index is 1950. The molecule has 2 heterocycles. The smallest absolute Gasteiger partial charge is 0.219 e. The van der Waals surface area contributed by atoms with E-state index in [1.807, 2.05) is 69.4 Å². The predicted octanol–water partition coefficient (Wildman–Crippen LogP) is 7.21. The number of amides is 2. The van der Waals surface area contributed by atoms with Gasteiger partial charge in [-0.05, 0) is 54.5 Å². The maximum absolute atomic E-state index is 12.1. The molecule has 0 saturated carbocycles. The van der Waals surface area contributed by atoms with Gasteiger partial charge in [-0.25, -0.2) is 4.98 Å². The van der Waals surface area contributed by atoms with Crippen molar-refractivity contribution in [2.45, 2.75) is 65.8 Å². The molecule has 3 N–H and O–H groups in total. The zero-order valence-electron chi connectivity index (χ0n) is 29.2. The molecule has 0 aliphatic heterocycles. The van der Waals surface area contributed by atoms with E-state index in [0.717, 1.165) is 76.6 Å². The molecule has 3 aromatic carbocycles. The summed E-state index contributed by atoms with van der Waals surface area (Å²) in [6.07, 6.45) is 6.29. The molecule has 5 aromatic rings. The van der Waals surface area contributed by atoms with E-state index in [-0.39, 0.29) is 11.8 Å². The van der Waals surface area contributed by atoms with Crippen LogP contribution in [0.5, 0.6) is 0 Å². The summed E-state index contributed by atoms with van der Waals surface area (Å²) < 4.78 is 3.99. The highest BCUT2D eigenvalue weighted by atomic mass is 16.2. The number of aryl methyl sites for hydroxylation is 1. The Kier molecular flexibility index (Phi) is 14.0. The molecule has 0 unspecified atom stereocenters. The van der Waals surface area contributed by atoms with Crippen LogP contribution in [0.3, 0.4) is 0 Å². The molecular formula is C41H48N6O2. The standard InChI is InChI=1S/C39H42N6O2.C2H6/c1-29(46)41-24-13-14-25-42-34(47)23-12-4-3-7-16-30-17-15-18-31(26-30)27-45-37(33-21-10-6-11-22-33)35(32-19-8-5-9-20-32)36-38(40)44(2)28-43-39(36)45;1-2/h5-6,8-11,15,17-22,26,28,40H,3-4,12-14,23-25,27H2,1-2H3,(H,41,46)(H,42,47);1-2H3. The highest BCUT2D eigenvalue weighted by molar-refractivity contribution is 6.02. The number of aromatic nitrogens is 3. The predicted molar refractivity (Wildman–Crippen MR) is 199 cm³/mol. The van der Waals surface area contributed by atoms with Crippen LogP contribution in [-0.4, -0.2) is 39.0 Å². The normalized spacial score (nSPS) is 10.4. The highest BCUT2D eigenvalue weighted by Crippen LogP contribution is 2.39. The molecule has 0 radical (unpaired) electrons. The Morgan fingerprint density at radius 2 is 1.51 bits per heavy atom. The quantitative estimate of drug-likeness (QED) is 0.0922. The van der Waals surface area contributed by atoms with Crippen LogP contribution >= 0.6 is 0 Å². The maximum atomic E-state index is 12.1. The third-order valence-electron chi connectivity index (χ3n) is 8.04. The molecule has 0 aliphatic carbocycles. The van der Waals surface area contributed by atoms with Gasteiger partial charge in [-0.1, -0.05) is 98.5 Å². The molecule has 2 aromatic heterocycles. The number of carbonyl (C=O) groups excluding carboxylic acids is 2. The van der Waals surface area contributed by atoms with Crippen molar-refractivity contribution in [3.8, 4) is 34.2 Å². The van der Waals surface area contributed by atoms with Crippen LogP contribution in [0.15, 0.2) is 91.3 Å². The molecule has 8 heteroatoms. The molecule has 0 spiro atoms. The molecule has 0 aliphatic rings. The van der Waals surface area contributed by atoms with Gasteiger partial charge in [0, 0.05) is 57.6 Å². The fourth-order valence-corrected chi connectivity index (χ4v) is 5.70. The van der Waals surface area contributed by atoms with E-state index < -0.39 is 0 Å². The summed E-state index contributed by atoms with van der Waals surface area (Å²) in [4.78, 5) is 27.9. The van der Waals surface area contributed by atoms with Crippen LogP contribution < -0.4 is 16.1 Å². The average molecular weight is 657 g/mol. The van der Waals surface area contributed by atoms with E-state index in [1.165, 1.54) is 6.92 Å². The Balaban J connectivity index is 0.00000265. The van der Waals surface area contributed by atoms with Crippen molar-refractivity contribution in [3.63, 3.8) is 0 Å². The minimum absolute atomic E-state index is 0.0265. The number of fused-ring (bicyclic) bond motifs is 1. The zero-order chi connectivity index (χ0) is 35.0. The summed E-state index contributed by atoms with van der Waals surface area (Å²) >= 11 is 0. The molecule has 0 bridgehead atoms. The van der Waals surface area contributed by atoms with Crippen molar-refractivity contribution < 1.29 is 9.59 Å². The molecule has 5 rings (SSSR count). The summed E-state index contributed by atoms with van der Waals surface area (Å²) in [5.41, 5.74) is 7.39. The van der Waals surface area contributed by atoms with Crippen LogP contribution in [0.4, 0.5) is 0 Å². The van der Waals surface area contributed by atoms with Gasteiger partial charge < -0.3 is 19.8 Å². The first-order chi connectivity index (χ1) is 23.9. The van der Waals surface area contributed by atoms with Gasteiger partial charge in [0.05, 0.1) is 17.4 Å². The summed E-state index contributed by atoms with van der Waals surface area (Å²) in [5, 5.41) is 15.6. The molecule has 2 amide bonds. The number of nitrogens with zero attached hydrogens (tertiary/aromatic N) is 3. The minimum atomic E-state index is -0.0265. The first-order valence-corrected chi connectivity index (χ1v) is 17.2. The van der Waals surface area contributed by atoms with Crippen molar-refractivity contribution in [1.29, 1.82) is 5.41 Å². The van der Waals surface area contributed by atoms with Crippen molar-refractivity contribution in [2.75, 3.05) is 13.1 Å². The Morgan fingerprint density at radius 1 is 0.837 bits per heavy atom. The lowest BCUT2D eigenvalue weighted by atomic mass is 9.99. The Hall–Kier alpha value is -5.42. The molecule has 8 nitrogen and oxygen atoms in total. The molecule has 0 atom stereocenters. The van der Waals surface area contributed by atoms with Crippen LogP contribution in [0, 0.1) is 17.3 Å². The SMILES string of the molecule is CC.CC(=O)NCCCCNC(=O)CCCCC#Cc1cccc(Cn2c(-c3ccccc3)c(-c3ccccc3)c3c(=N)n(C)cnc32)c1. The van der Waals surface area contributed by atoms with Crippen molar-refractivity contribution in [1.82, 2.24) is 24.8 Å². The number of unbranched alkanes of at least 4 members (excludes halogenated alkanes) is 3. The first kappa shape index (κ1) is 36.4. The van der Waals surface area contributed by atoms with Gasteiger partial charge in [0.2, 0.25) is 11.8 Å². The third-order valence-corrected chi connectivity index (χ3v) is 8.04. The number of nitrogens with one attached hydrogen (secondary N) is 3. The Labute approximate surface area is 290 Å². The van der Waals surface area contributed by atoms with E-state index in [0.29, 0.717) is 31.5 Å². The van der Waals surface area contributed by atoms with Crippen molar-refractivity contribution in [2.24, 2.45) is 7.05 Å². The topological polar surface area (TPSA) is 105 Å². The van der Waals surface area contributed by atoms with E-state index in [4.69, 9.17) is 10.4 Å². The number of hydrogen-bond acceptors (Lipinski definition) is 4. The fourth-order valence-electron chi connectivity index (χ4n) is 5.70. The van der Waals surface area contributed by atoms with Gasteiger partial charge in [0.1, 0.15) is 11.1 Å². The van der Waals surface area contributed by atoms with Gasteiger partial charge in [0.25, 0.3) is 0 Å². The van der Waals surface area contributed by atoms with Gasteiger partial charge in [0.15, 0.2) is 0 Å². The monoisotopic (exact) mass is 656 g/mol. The summed E-state index contributed by atoms with van der Waals surface area (Å²) in [6.45, 7) is 7.35. The molecule has 254 valence electrons. The number of rotatable bonds is 13. The summed E-state index contributed by atoms with van der Waals surface area (Å²) in [7, 11) is 1.86. The van der Waals surface area contributed by atoms with Gasteiger partial charge in [-0.15, -0.1) is 0 Å². The van der Waals surface area contributed by atoms with E-state index in [2.05, 4.69) is 63.4 Å². The number of benzene rings is 3. The minimum Gasteiger partial charge on any atom is -0.356 e. The second-order valence-electron chi connectivity index (χ2n) is 11.7. The molecule has 49 heavy (non-hydrogen) atoms. The van der Waals surface area contributed by atoms with Crippen LogP contribution in [-0.2, 0) is 23.2 Å². The summed E-state index contributed by atoms with van der Waals surface area (Å²) in [6, 6.07) is 28.9. The van der Waals surface area contributed by atoms with Crippen molar-refractivity contribution in [3.05, 3.63) is 108 Å². The second kappa shape index (κ2) is 18.8. The highest BCUT2D eigenvalue weighted by Gasteiger charge is 2.23. The third kappa shape index (κ3) is 10.0. The van der Waals surface area contributed by atoms with Crippen molar-refractivity contribution >= 4 is 22.8 Å². The van der Waals surface area contributed by atoms with Crippen LogP contribution in [0.25, 0.3) is 33.4 Å². The largest absolute Gasteiger partial charge is 0.356 e. The van der Waals surface area contributed by atoms with E-state index in [1.54, 1.807) is 10.9 Å². The number of carbonyl (C=O) groups is 2. The molecular weight excluding hydrogens is 608 g/mol. The van der Waals surface area contributed by atoms with Gasteiger partial charge in [-0.3, -0.25) is 15.0 Å². The lowest BCUT2D eigenvalue weighted by molar-refractivity contribution is -0.121. The molecule has 0 saturated heterocycles. The second-order valence-corrected chi connectivity index (χ2v) is 11.7. The van der Waals surface area contributed by atoms with Crippen LogP contribution in [0.2, 0.25) is 0 Å². The molecule has 0 fully saturated rings. The average Bonchev–Trinajstić information content (AvgIpc) is 3.45. The van der Waals surface area contributed by atoms with Crippen LogP contribution in [0.1, 0.15) is 70.4 Å². The van der Waals surface area contributed by atoms with Gasteiger partial charge >= 0.3 is 0 Å². The van der Waals surface area contributed by atoms with E-state index >= 15 is 0 Å². The Morgan fingerprint density at radius 3 is 2.20 bits per heavy atom. The lowest BCUT2D eigenvalue weighted by Gasteiger charge is -2.13.